The maximum Gasteiger partial charge on any atom is 0.281 e. The van der Waals surface area contributed by atoms with E-state index in [4.69, 9.17) is 0 Å². The zero-order valence-corrected chi connectivity index (χ0v) is 7.84. The number of hydrogen-bond acceptors (Lipinski definition) is 3. The molecule has 0 saturated carbocycles. The van der Waals surface area contributed by atoms with E-state index < -0.39 is 0 Å². The lowest BCUT2D eigenvalue weighted by Crippen LogP contribution is -2.14. The monoisotopic (exact) mass is 200 g/mol. The van der Waals surface area contributed by atoms with Crippen LogP contribution in [0.3, 0.4) is 0 Å². The molecule has 0 aliphatic carbocycles. The van der Waals surface area contributed by atoms with Gasteiger partial charge in [0, 0.05) is 6.08 Å². The summed E-state index contributed by atoms with van der Waals surface area (Å²) < 4.78 is 1.83. The molecule has 1 aliphatic heterocycles. The predicted octanol–water partition coefficient (Wildman–Crippen LogP) is 1.31. The van der Waals surface area contributed by atoms with E-state index in [9.17, 15) is 9.90 Å². The Bertz CT molecular complexity index is 641. The number of allylic oxidation sites excluding steroid dienone is 1. The minimum atomic E-state index is -0.247. The molecule has 4 nitrogen and oxygen atoms in total. The van der Waals surface area contributed by atoms with Crippen LogP contribution in [0.1, 0.15) is 5.82 Å². The molecule has 1 aliphatic rings. The first kappa shape index (κ1) is 8.23. The van der Waals surface area contributed by atoms with Gasteiger partial charge in [0.05, 0.1) is 17.4 Å². The van der Waals surface area contributed by atoms with E-state index in [1.165, 1.54) is 6.08 Å². The Morgan fingerprint density at radius 2 is 2.13 bits per heavy atom. The Morgan fingerprint density at radius 1 is 1.33 bits per heavy atom. The van der Waals surface area contributed by atoms with Crippen LogP contribution in [0, 0.1) is 0 Å². The van der Waals surface area contributed by atoms with Crippen LogP contribution < -0.4 is 5.56 Å². The van der Waals surface area contributed by atoms with Crippen molar-refractivity contribution in [1.82, 2.24) is 9.55 Å². The van der Waals surface area contributed by atoms with Crippen LogP contribution in [0.25, 0.3) is 17.0 Å². The summed E-state index contributed by atoms with van der Waals surface area (Å²) in [6.07, 6.45) is 1.52. The third kappa shape index (κ3) is 1.08. The van der Waals surface area contributed by atoms with Gasteiger partial charge in [0.1, 0.15) is 11.6 Å². The quantitative estimate of drug-likeness (QED) is 0.697. The van der Waals surface area contributed by atoms with Crippen LogP contribution in [0.4, 0.5) is 0 Å². The number of aromatic nitrogens is 2. The first-order chi connectivity index (χ1) is 7.25. The van der Waals surface area contributed by atoms with Crippen LogP contribution in [0.2, 0.25) is 0 Å². The molecule has 3 rings (SSSR count). The zero-order chi connectivity index (χ0) is 10.4. The Labute approximate surface area is 85.1 Å². The van der Waals surface area contributed by atoms with Crippen LogP contribution in [-0.2, 0) is 6.54 Å². The molecule has 1 aromatic heterocycles. The Morgan fingerprint density at radius 3 is 3.00 bits per heavy atom. The summed E-state index contributed by atoms with van der Waals surface area (Å²) in [6, 6.07) is 7.27. The smallest absolute Gasteiger partial charge is 0.281 e. The van der Waals surface area contributed by atoms with Crippen molar-refractivity contribution >= 4 is 17.0 Å². The number of aliphatic hydroxyl groups excluding tert-OH is 1. The van der Waals surface area contributed by atoms with Crippen LogP contribution in [-0.4, -0.2) is 14.7 Å². The number of para-hydroxylation sites is 1. The van der Waals surface area contributed by atoms with Crippen LogP contribution >= 0.6 is 0 Å². The SMILES string of the molecule is O=c1nc2n(c3ccccc13)CC(O)=C2. The van der Waals surface area contributed by atoms with Gasteiger partial charge in [0.15, 0.2) is 0 Å². The fourth-order valence-corrected chi connectivity index (χ4v) is 1.87. The molecule has 0 atom stereocenters. The molecule has 0 radical (unpaired) electrons. The lowest BCUT2D eigenvalue weighted by Gasteiger charge is -2.06. The average Bonchev–Trinajstić information content (AvgIpc) is 2.59. The molecule has 0 spiro atoms. The summed E-state index contributed by atoms with van der Waals surface area (Å²) in [6.45, 7) is 0.392. The molecule has 74 valence electrons. The van der Waals surface area contributed by atoms with Crippen molar-refractivity contribution in [3.05, 3.63) is 46.2 Å². The first-order valence-electron chi connectivity index (χ1n) is 4.65. The molecule has 0 saturated heterocycles. The van der Waals surface area contributed by atoms with Crippen molar-refractivity contribution in [2.24, 2.45) is 0 Å². The summed E-state index contributed by atoms with van der Waals surface area (Å²) in [5.41, 5.74) is 0.565. The van der Waals surface area contributed by atoms with Crippen molar-refractivity contribution in [1.29, 1.82) is 0 Å². The third-order valence-corrected chi connectivity index (χ3v) is 2.53. The highest BCUT2D eigenvalue weighted by Gasteiger charge is 2.15. The van der Waals surface area contributed by atoms with E-state index in [2.05, 4.69) is 4.98 Å². The van der Waals surface area contributed by atoms with Crippen molar-refractivity contribution in [2.45, 2.75) is 6.54 Å². The average molecular weight is 200 g/mol. The summed E-state index contributed by atoms with van der Waals surface area (Å²) >= 11 is 0. The fraction of sp³-hybridized carbons (Fsp3) is 0.0909. The molecule has 2 aromatic rings. The molecule has 0 unspecified atom stereocenters. The van der Waals surface area contributed by atoms with E-state index in [-0.39, 0.29) is 11.3 Å². The zero-order valence-electron chi connectivity index (χ0n) is 7.84. The van der Waals surface area contributed by atoms with E-state index in [0.717, 1.165) is 5.52 Å². The second kappa shape index (κ2) is 2.70. The molecule has 4 heteroatoms. The van der Waals surface area contributed by atoms with Crippen molar-refractivity contribution in [3.8, 4) is 0 Å². The van der Waals surface area contributed by atoms with Gasteiger partial charge in [-0.15, -0.1) is 0 Å². The number of aliphatic hydroxyl groups is 1. The first-order valence-corrected chi connectivity index (χ1v) is 4.65. The molecule has 1 N–H and O–H groups in total. The molecule has 15 heavy (non-hydrogen) atoms. The van der Waals surface area contributed by atoms with E-state index in [1.807, 2.05) is 16.7 Å². The van der Waals surface area contributed by atoms with Gasteiger partial charge in [-0.2, -0.15) is 4.98 Å². The van der Waals surface area contributed by atoms with Crippen LogP contribution in [0.5, 0.6) is 0 Å². The van der Waals surface area contributed by atoms with E-state index in [1.54, 1.807) is 12.1 Å². The van der Waals surface area contributed by atoms with Crippen molar-refractivity contribution < 1.29 is 5.11 Å². The summed E-state index contributed by atoms with van der Waals surface area (Å²) in [7, 11) is 0. The second-order valence-electron chi connectivity index (χ2n) is 3.51. The van der Waals surface area contributed by atoms with Crippen molar-refractivity contribution in [2.75, 3.05) is 0 Å². The van der Waals surface area contributed by atoms with Gasteiger partial charge in [-0.25, -0.2) is 0 Å². The highest BCUT2D eigenvalue weighted by Crippen LogP contribution is 2.19. The highest BCUT2D eigenvalue weighted by atomic mass is 16.3. The Kier molecular flexibility index (Phi) is 1.48. The number of fused-ring (bicyclic) bond motifs is 3. The molecule has 0 bridgehead atoms. The standard InChI is InChI=1S/C11H8N2O2/c14-7-5-10-12-11(15)8-3-1-2-4-9(8)13(10)6-7/h1-5,14H,6H2. The molecular formula is C11H8N2O2. The molecule has 0 amide bonds. The molecule has 1 aromatic carbocycles. The largest absolute Gasteiger partial charge is 0.510 e. The summed E-state index contributed by atoms with van der Waals surface area (Å²) in [5.74, 6) is 0.759. The third-order valence-electron chi connectivity index (χ3n) is 2.53. The fourth-order valence-electron chi connectivity index (χ4n) is 1.87. The van der Waals surface area contributed by atoms with Gasteiger partial charge in [-0.05, 0) is 12.1 Å². The second-order valence-corrected chi connectivity index (χ2v) is 3.51. The van der Waals surface area contributed by atoms with Gasteiger partial charge in [-0.3, -0.25) is 4.79 Å². The van der Waals surface area contributed by atoms with Crippen molar-refractivity contribution in [3.63, 3.8) is 0 Å². The van der Waals surface area contributed by atoms with Gasteiger partial charge in [-0.1, -0.05) is 12.1 Å². The number of nitrogens with zero attached hydrogens (tertiary/aromatic N) is 2. The molecular weight excluding hydrogens is 192 g/mol. The van der Waals surface area contributed by atoms with E-state index in [0.29, 0.717) is 17.8 Å². The Balaban J connectivity index is 2.48. The number of rotatable bonds is 0. The minimum Gasteiger partial charge on any atom is -0.510 e. The lowest BCUT2D eigenvalue weighted by atomic mass is 10.2. The van der Waals surface area contributed by atoms with Crippen LogP contribution in [0.15, 0.2) is 34.8 Å². The summed E-state index contributed by atoms with van der Waals surface area (Å²) in [5, 5.41) is 9.99. The topological polar surface area (TPSA) is 55.1 Å². The van der Waals surface area contributed by atoms with Gasteiger partial charge in [0.25, 0.3) is 5.56 Å². The van der Waals surface area contributed by atoms with E-state index >= 15 is 0 Å². The normalized spacial score (nSPS) is 14.0. The molecule has 2 heterocycles. The lowest BCUT2D eigenvalue weighted by molar-refractivity contribution is 0.391. The van der Waals surface area contributed by atoms with Gasteiger partial charge >= 0.3 is 0 Å². The highest BCUT2D eigenvalue weighted by molar-refractivity contribution is 5.79. The van der Waals surface area contributed by atoms with Gasteiger partial charge < -0.3 is 9.67 Å². The van der Waals surface area contributed by atoms with Gasteiger partial charge in [0.2, 0.25) is 0 Å². The number of benzene rings is 1. The number of hydrogen-bond donors (Lipinski definition) is 1. The Hall–Kier alpha value is -2.10. The summed E-state index contributed by atoms with van der Waals surface area (Å²) in [4.78, 5) is 15.5. The molecule has 0 fully saturated rings. The predicted molar refractivity (Wildman–Crippen MR) is 56.6 cm³/mol. The maximum atomic E-state index is 11.6. The minimum absolute atomic E-state index is 0.234. The maximum absolute atomic E-state index is 11.6.